The molecule has 126 valence electrons. The van der Waals surface area contributed by atoms with Crippen LogP contribution >= 0.6 is 0 Å². The SMILES string of the molecule is N#Cc1ccc2[nH]cc(C(NCCCc3ccccc3)C3CC3)c2c1. The molecule has 0 amide bonds. The number of hydrogen-bond donors (Lipinski definition) is 2. The number of aromatic nitrogens is 1. The van der Waals surface area contributed by atoms with Gasteiger partial charge in [-0.15, -0.1) is 0 Å². The standard InChI is InChI=1S/C22H23N3/c23-14-17-8-11-21-19(13-17)20(15-25-21)22(18-9-10-18)24-12-4-7-16-5-2-1-3-6-16/h1-3,5-6,8,11,13,15,18,22,24-25H,4,7,9-10,12H2. The predicted octanol–water partition coefficient (Wildman–Crippen LogP) is 4.71. The van der Waals surface area contributed by atoms with Gasteiger partial charge in [0.2, 0.25) is 0 Å². The summed E-state index contributed by atoms with van der Waals surface area (Å²) in [5.74, 6) is 0.724. The van der Waals surface area contributed by atoms with Crippen LogP contribution in [0.3, 0.4) is 0 Å². The summed E-state index contributed by atoms with van der Waals surface area (Å²) in [6, 6.07) is 19.2. The maximum Gasteiger partial charge on any atom is 0.0991 e. The van der Waals surface area contributed by atoms with Crippen LogP contribution in [0.5, 0.6) is 0 Å². The molecule has 1 aliphatic carbocycles. The van der Waals surface area contributed by atoms with Gasteiger partial charge < -0.3 is 10.3 Å². The number of benzene rings is 2. The Morgan fingerprint density at radius 3 is 2.76 bits per heavy atom. The molecule has 3 nitrogen and oxygen atoms in total. The average Bonchev–Trinajstić information content (AvgIpc) is 3.42. The highest BCUT2D eigenvalue weighted by Gasteiger charge is 2.33. The molecule has 0 radical (unpaired) electrons. The molecular weight excluding hydrogens is 306 g/mol. The third-order valence-electron chi connectivity index (χ3n) is 5.12. The summed E-state index contributed by atoms with van der Waals surface area (Å²) in [6.45, 7) is 1.01. The van der Waals surface area contributed by atoms with Gasteiger partial charge in [0.05, 0.1) is 11.6 Å². The van der Waals surface area contributed by atoms with E-state index in [0.29, 0.717) is 6.04 Å². The first-order valence-electron chi connectivity index (χ1n) is 9.13. The van der Waals surface area contributed by atoms with E-state index < -0.39 is 0 Å². The number of aryl methyl sites for hydroxylation is 1. The van der Waals surface area contributed by atoms with Gasteiger partial charge in [0.15, 0.2) is 0 Å². The third kappa shape index (κ3) is 3.60. The number of aromatic amines is 1. The second-order valence-electron chi connectivity index (χ2n) is 6.97. The molecule has 1 aromatic heterocycles. The quantitative estimate of drug-likeness (QED) is 0.617. The molecule has 1 fully saturated rings. The number of H-pyrrole nitrogens is 1. The van der Waals surface area contributed by atoms with E-state index in [1.54, 1.807) is 0 Å². The number of nitrogens with one attached hydrogen (secondary N) is 2. The maximum atomic E-state index is 9.19. The van der Waals surface area contributed by atoms with Crippen molar-refractivity contribution in [3.05, 3.63) is 71.4 Å². The van der Waals surface area contributed by atoms with Crippen LogP contribution in [0.15, 0.2) is 54.7 Å². The zero-order valence-electron chi connectivity index (χ0n) is 14.3. The minimum Gasteiger partial charge on any atom is -0.361 e. The largest absolute Gasteiger partial charge is 0.361 e. The number of nitriles is 1. The maximum absolute atomic E-state index is 9.19. The first-order chi connectivity index (χ1) is 12.3. The van der Waals surface area contributed by atoms with Crippen LogP contribution in [0, 0.1) is 17.2 Å². The number of rotatable bonds is 7. The molecule has 0 bridgehead atoms. The van der Waals surface area contributed by atoms with Gasteiger partial charge in [0, 0.05) is 23.1 Å². The molecule has 2 N–H and O–H groups in total. The lowest BCUT2D eigenvalue weighted by Gasteiger charge is -2.18. The third-order valence-corrected chi connectivity index (χ3v) is 5.12. The van der Waals surface area contributed by atoms with E-state index >= 15 is 0 Å². The predicted molar refractivity (Wildman–Crippen MR) is 101 cm³/mol. The molecule has 3 heteroatoms. The lowest BCUT2D eigenvalue weighted by atomic mass is 10.00. The van der Waals surface area contributed by atoms with E-state index in [1.165, 1.54) is 29.4 Å². The Bertz CT molecular complexity index is 885. The molecule has 0 saturated heterocycles. The Hall–Kier alpha value is -2.57. The van der Waals surface area contributed by atoms with Crippen molar-refractivity contribution in [1.29, 1.82) is 5.26 Å². The van der Waals surface area contributed by atoms with Crippen LogP contribution in [-0.2, 0) is 6.42 Å². The second kappa shape index (κ2) is 7.13. The van der Waals surface area contributed by atoms with Gasteiger partial charge in [-0.2, -0.15) is 5.26 Å². The van der Waals surface area contributed by atoms with Crippen LogP contribution < -0.4 is 5.32 Å². The summed E-state index contributed by atoms with van der Waals surface area (Å²) in [4.78, 5) is 3.37. The average molecular weight is 329 g/mol. The van der Waals surface area contributed by atoms with Crippen molar-refractivity contribution in [3.8, 4) is 6.07 Å². The molecule has 2 aromatic carbocycles. The highest BCUT2D eigenvalue weighted by Crippen LogP contribution is 2.43. The van der Waals surface area contributed by atoms with Crippen molar-refractivity contribution in [2.75, 3.05) is 6.54 Å². The molecule has 4 rings (SSSR count). The van der Waals surface area contributed by atoms with Gasteiger partial charge in [-0.25, -0.2) is 0 Å². The van der Waals surface area contributed by atoms with Gasteiger partial charge in [0.1, 0.15) is 0 Å². The molecule has 1 saturated carbocycles. The molecule has 1 aliphatic rings. The Kier molecular flexibility index (Phi) is 4.54. The summed E-state index contributed by atoms with van der Waals surface area (Å²) in [5.41, 5.74) is 4.56. The fourth-order valence-corrected chi connectivity index (χ4v) is 3.62. The molecule has 1 atom stereocenters. The van der Waals surface area contributed by atoms with Crippen LogP contribution in [0.1, 0.15) is 42.0 Å². The van der Waals surface area contributed by atoms with Gasteiger partial charge >= 0.3 is 0 Å². The van der Waals surface area contributed by atoms with E-state index in [9.17, 15) is 5.26 Å². The minimum atomic E-state index is 0.387. The van der Waals surface area contributed by atoms with Crippen molar-refractivity contribution in [3.63, 3.8) is 0 Å². The molecule has 3 aromatic rings. The van der Waals surface area contributed by atoms with Crippen molar-refractivity contribution >= 4 is 10.9 Å². The van der Waals surface area contributed by atoms with Gasteiger partial charge in [-0.1, -0.05) is 30.3 Å². The highest BCUT2D eigenvalue weighted by atomic mass is 14.9. The fourth-order valence-electron chi connectivity index (χ4n) is 3.62. The fraction of sp³-hybridized carbons (Fsp3) is 0.318. The number of nitrogens with zero attached hydrogens (tertiary/aromatic N) is 1. The Morgan fingerprint density at radius 1 is 1.16 bits per heavy atom. The van der Waals surface area contributed by atoms with Gasteiger partial charge in [-0.05, 0) is 67.5 Å². The van der Waals surface area contributed by atoms with E-state index in [2.05, 4.69) is 52.9 Å². The molecular formula is C22H23N3. The van der Waals surface area contributed by atoms with Gasteiger partial charge in [0.25, 0.3) is 0 Å². The minimum absolute atomic E-state index is 0.387. The first kappa shape index (κ1) is 15.9. The van der Waals surface area contributed by atoms with E-state index in [4.69, 9.17) is 0 Å². The molecule has 25 heavy (non-hydrogen) atoms. The zero-order chi connectivity index (χ0) is 17.1. The lowest BCUT2D eigenvalue weighted by Crippen LogP contribution is -2.24. The van der Waals surface area contributed by atoms with Gasteiger partial charge in [-0.3, -0.25) is 0 Å². The zero-order valence-corrected chi connectivity index (χ0v) is 14.3. The van der Waals surface area contributed by atoms with Crippen molar-refractivity contribution in [1.82, 2.24) is 10.3 Å². The molecule has 1 heterocycles. The lowest BCUT2D eigenvalue weighted by molar-refractivity contribution is 0.478. The van der Waals surface area contributed by atoms with Crippen LogP contribution in [0.25, 0.3) is 10.9 Å². The summed E-state index contributed by atoms with van der Waals surface area (Å²) in [6.07, 6.45) is 6.96. The van der Waals surface area contributed by atoms with E-state index in [1.807, 2.05) is 18.2 Å². The van der Waals surface area contributed by atoms with Crippen LogP contribution in [-0.4, -0.2) is 11.5 Å². The second-order valence-corrected chi connectivity index (χ2v) is 6.97. The smallest absolute Gasteiger partial charge is 0.0991 e. The number of hydrogen-bond acceptors (Lipinski definition) is 2. The highest BCUT2D eigenvalue weighted by molar-refractivity contribution is 5.85. The first-order valence-corrected chi connectivity index (χ1v) is 9.13. The summed E-state index contributed by atoms with van der Waals surface area (Å²) in [7, 11) is 0. The summed E-state index contributed by atoms with van der Waals surface area (Å²) < 4.78 is 0. The monoisotopic (exact) mass is 329 g/mol. The Labute approximate surface area is 148 Å². The molecule has 0 spiro atoms. The van der Waals surface area contributed by atoms with Crippen molar-refractivity contribution in [2.24, 2.45) is 5.92 Å². The topological polar surface area (TPSA) is 51.6 Å². The summed E-state index contributed by atoms with van der Waals surface area (Å²) >= 11 is 0. The van der Waals surface area contributed by atoms with Crippen LogP contribution in [0.2, 0.25) is 0 Å². The number of fused-ring (bicyclic) bond motifs is 1. The normalized spacial score (nSPS) is 15.2. The van der Waals surface area contributed by atoms with E-state index in [-0.39, 0.29) is 0 Å². The Morgan fingerprint density at radius 2 is 2.00 bits per heavy atom. The van der Waals surface area contributed by atoms with Crippen molar-refractivity contribution < 1.29 is 0 Å². The van der Waals surface area contributed by atoms with E-state index in [0.717, 1.165) is 36.4 Å². The Balaban J connectivity index is 1.46. The molecule has 0 aliphatic heterocycles. The van der Waals surface area contributed by atoms with Crippen molar-refractivity contribution in [2.45, 2.75) is 31.7 Å². The molecule has 1 unspecified atom stereocenters. The summed E-state index contributed by atoms with van der Waals surface area (Å²) in [5, 5.41) is 14.2. The van der Waals surface area contributed by atoms with Crippen LogP contribution in [0.4, 0.5) is 0 Å².